The van der Waals surface area contributed by atoms with Crippen LogP contribution in [0.4, 0.5) is 5.69 Å². The van der Waals surface area contributed by atoms with Crippen LogP contribution in [-0.2, 0) is 4.79 Å². The summed E-state index contributed by atoms with van der Waals surface area (Å²) in [7, 11) is 0. The molecule has 2 heterocycles. The van der Waals surface area contributed by atoms with E-state index in [9.17, 15) is 4.79 Å². The third kappa shape index (κ3) is 2.94. The summed E-state index contributed by atoms with van der Waals surface area (Å²) in [6.07, 6.45) is 1.48. The number of hydrogen-bond acceptors (Lipinski definition) is 5. The normalized spacial score (nSPS) is 14.9. The fourth-order valence-corrected chi connectivity index (χ4v) is 2.37. The number of carbonyl (C=O) groups is 1. The molecule has 1 saturated heterocycles. The smallest absolute Gasteiger partial charge is 0.230 e. The maximum absolute atomic E-state index is 11.8. The predicted molar refractivity (Wildman–Crippen MR) is 71.9 cm³/mol. The van der Waals surface area contributed by atoms with Crippen LogP contribution in [0.15, 0.2) is 40.6 Å². The molecule has 0 saturated carbocycles. The molecule has 0 atom stereocenters. The van der Waals surface area contributed by atoms with Gasteiger partial charge in [0.2, 0.25) is 5.91 Å². The van der Waals surface area contributed by atoms with Crippen LogP contribution < -0.4 is 10.6 Å². The van der Waals surface area contributed by atoms with Gasteiger partial charge in [0.15, 0.2) is 5.16 Å². The van der Waals surface area contributed by atoms with Gasteiger partial charge in [0.1, 0.15) is 6.33 Å². The zero-order chi connectivity index (χ0) is 13.1. The summed E-state index contributed by atoms with van der Waals surface area (Å²) >= 11 is 1.49. The number of aromatic nitrogens is 3. The molecular formula is C12H13N5OS. The third-order valence-corrected chi connectivity index (χ3v) is 3.78. The highest BCUT2D eigenvalue weighted by atomic mass is 32.2. The summed E-state index contributed by atoms with van der Waals surface area (Å²) < 4.78 is 0. The van der Waals surface area contributed by atoms with E-state index in [0.717, 1.165) is 28.8 Å². The number of benzene rings is 1. The Balaban J connectivity index is 1.60. The lowest BCUT2D eigenvalue weighted by atomic mass is 10.0. The van der Waals surface area contributed by atoms with Crippen LogP contribution in [0.5, 0.6) is 0 Å². The Morgan fingerprint density at radius 1 is 1.32 bits per heavy atom. The molecule has 1 fully saturated rings. The van der Waals surface area contributed by atoms with Crippen molar-refractivity contribution >= 4 is 23.4 Å². The van der Waals surface area contributed by atoms with E-state index in [1.54, 1.807) is 0 Å². The molecule has 1 aliphatic rings. The van der Waals surface area contributed by atoms with E-state index in [-0.39, 0.29) is 11.8 Å². The van der Waals surface area contributed by atoms with Gasteiger partial charge in [-0.05, 0) is 24.3 Å². The molecular weight excluding hydrogens is 262 g/mol. The average Bonchev–Trinajstić information content (AvgIpc) is 2.82. The minimum absolute atomic E-state index is 0.0781. The molecule has 1 aromatic heterocycles. The van der Waals surface area contributed by atoms with Crippen LogP contribution in [0.3, 0.4) is 0 Å². The molecule has 0 unspecified atom stereocenters. The second-order valence-electron chi connectivity index (χ2n) is 4.26. The minimum atomic E-state index is 0.0781. The molecule has 0 spiro atoms. The van der Waals surface area contributed by atoms with Gasteiger partial charge in [-0.1, -0.05) is 11.8 Å². The van der Waals surface area contributed by atoms with Crippen LogP contribution in [0, 0.1) is 5.92 Å². The van der Waals surface area contributed by atoms with Crippen molar-refractivity contribution in [3.8, 4) is 0 Å². The summed E-state index contributed by atoms with van der Waals surface area (Å²) in [6, 6.07) is 7.68. The number of carbonyl (C=O) groups excluding carboxylic acids is 1. The molecule has 1 amide bonds. The molecule has 7 heteroatoms. The molecule has 1 aromatic carbocycles. The number of aromatic amines is 1. The van der Waals surface area contributed by atoms with E-state index in [0.29, 0.717) is 0 Å². The molecule has 0 radical (unpaired) electrons. The molecule has 19 heavy (non-hydrogen) atoms. The van der Waals surface area contributed by atoms with Gasteiger partial charge in [0.05, 0.1) is 5.92 Å². The standard InChI is InChI=1S/C12H13N5OS/c18-11(8-5-13-6-8)16-9-1-3-10(4-2-9)19-12-14-7-15-17-12/h1-4,7-8,13H,5-6H2,(H,16,18)(H,14,15,17). The van der Waals surface area contributed by atoms with Crippen molar-refractivity contribution in [2.75, 3.05) is 18.4 Å². The van der Waals surface area contributed by atoms with Crippen molar-refractivity contribution in [2.45, 2.75) is 10.1 Å². The predicted octanol–water partition coefficient (Wildman–Crippen LogP) is 1.11. The van der Waals surface area contributed by atoms with Gasteiger partial charge in [-0.3, -0.25) is 9.89 Å². The SMILES string of the molecule is O=C(Nc1ccc(Sc2ncn[nH]2)cc1)C1CNC1. The molecule has 3 N–H and O–H groups in total. The summed E-state index contributed by atoms with van der Waals surface area (Å²) in [5, 5.41) is 13.3. The van der Waals surface area contributed by atoms with Crippen LogP contribution in [0.25, 0.3) is 0 Å². The second kappa shape index (κ2) is 5.41. The van der Waals surface area contributed by atoms with Gasteiger partial charge >= 0.3 is 0 Å². The van der Waals surface area contributed by atoms with E-state index >= 15 is 0 Å². The van der Waals surface area contributed by atoms with Crippen molar-refractivity contribution in [3.05, 3.63) is 30.6 Å². The Morgan fingerprint density at radius 2 is 2.11 bits per heavy atom. The van der Waals surface area contributed by atoms with E-state index < -0.39 is 0 Å². The van der Waals surface area contributed by atoms with Crippen molar-refractivity contribution < 1.29 is 4.79 Å². The van der Waals surface area contributed by atoms with Gasteiger partial charge < -0.3 is 10.6 Å². The fraction of sp³-hybridized carbons (Fsp3) is 0.250. The molecule has 1 aliphatic heterocycles. The molecule has 98 valence electrons. The van der Waals surface area contributed by atoms with Crippen LogP contribution in [-0.4, -0.2) is 34.2 Å². The van der Waals surface area contributed by atoms with Gasteiger partial charge in [-0.15, -0.1) is 0 Å². The number of H-pyrrole nitrogens is 1. The average molecular weight is 275 g/mol. The largest absolute Gasteiger partial charge is 0.326 e. The van der Waals surface area contributed by atoms with E-state index in [4.69, 9.17) is 0 Å². The third-order valence-electron chi connectivity index (χ3n) is 2.88. The number of nitrogens with zero attached hydrogens (tertiary/aromatic N) is 2. The van der Waals surface area contributed by atoms with Crippen LogP contribution in [0.2, 0.25) is 0 Å². The van der Waals surface area contributed by atoms with Crippen molar-refractivity contribution in [2.24, 2.45) is 5.92 Å². The second-order valence-corrected chi connectivity index (χ2v) is 5.32. The molecule has 6 nitrogen and oxygen atoms in total. The molecule has 2 aromatic rings. The maximum Gasteiger partial charge on any atom is 0.230 e. The number of nitrogens with one attached hydrogen (secondary N) is 3. The highest BCUT2D eigenvalue weighted by molar-refractivity contribution is 7.99. The van der Waals surface area contributed by atoms with E-state index in [1.807, 2.05) is 24.3 Å². The van der Waals surface area contributed by atoms with Crippen LogP contribution in [0.1, 0.15) is 0 Å². The fourth-order valence-electron chi connectivity index (χ4n) is 1.68. The highest BCUT2D eigenvalue weighted by Gasteiger charge is 2.24. The van der Waals surface area contributed by atoms with E-state index in [1.165, 1.54) is 18.1 Å². The quantitative estimate of drug-likeness (QED) is 0.778. The molecule has 0 aliphatic carbocycles. The summed E-state index contributed by atoms with van der Waals surface area (Å²) in [4.78, 5) is 16.8. The number of hydrogen-bond donors (Lipinski definition) is 3. The molecule has 3 rings (SSSR count). The van der Waals surface area contributed by atoms with Crippen LogP contribution >= 0.6 is 11.8 Å². The first kappa shape index (κ1) is 12.2. The van der Waals surface area contributed by atoms with Gasteiger partial charge in [0.25, 0.3) is 0 Å². The van der Waals surface area contributed by atoms with Gasteiger partial charge in [0, 0.05) is 23.7 Å². The highest BCUT2D eigenvalue weighted by Crippen LogP contribution is 2.25. The lowest BCUT2D eigenvalue weighted by Gasteiger charge is -2.25. The topological polar surface area (TPSA) is 82.7 Å². The number of amides is 1. The summed E-state index contributed by atoms with van der Waals surface area (Å²) in [5.41, 5.74) is 0.818. The minimum Gasteiger partial charge on any atom is -0.326 e. The van der Waals surface area contributed by atoms with Crippen molar-refractivity contribution in [3.63, 3.8) is 0 Å². The van der Waals surface area contributed by atoms with Crippen molar-refractivity contribution in [1.29, 1.82) is 0 Å². The maximum atomic E-state index is 11.8. The van der Waals surface area contributed by atoms with Gasteiger partial charge in [-0.25, -0.2) is 4.98 Å². The lowest BCUT2D eigenvalue weighted by Crippen LogP contribution is -2.48. The Hall–Kier alpha value is -1.86. The zero-order valence-corrected chi connectivity index (χ0v) is 10.9. The Morgan fingerprint density at radius 3 is 2.68 bits per heavy atom. The van der Waals surface area contributed by atoms with Crippen molar-refractivity contribution in [1.82, 2.24) is 20.5 Å². The Kier molecular flexibility index (Phi) is 3.47. The molecule has 0 bridgehead atoms. The Labute approximate surface area is 114 Å². The van der Waals surface area contributed by atoms with Gasteiger partial charge in [-0.2, -0.15) is 5.10 Å². The zero-order valence-electron chi connectivity index (χ0n) is 10.1. The first-order chi connectivity index (χ1) is 9.31. The van der Waals surface area contributed by atoms with E-state index in [2.05, 4.69) is 25.8 Å². The lowest BCUT2D eigenvalue weighted by molar-refractivity contribution is -0.121. The number of rotatable bonds is 4. The number of anilines is 1. The summed E-state index contributed by atoms with van der Waals surface area (Å²) in [5.74, 6) is 0.178. The Bertz CT molecular complexity index is 550. The monoisotopic (exact) mass is 275 g/mol. The summed E-state index contributed by atoms with van der Waals surface area (Å²) in [6.45, 7) is 1.54. The first-order valence-electron chi connectivity index (χ1n) is 5.96. The first-order valence-corrected chi connectivity index (χ1v) is 6.78.